The summed E-state index contributed by atoms with van der Waals surface area (Å²) in [6, 6.07) is 16.9. The Morgan fingerprint density at radius 2 is 1.85 bits per heavy atom. The quantitative estimate of drug-likeness (QED) is 0.461. The van der Waals surface area contributed by atoms with Crippen LogP contribution in [0, 0.1) is 26.8 Å². The topological polar surface area (TPSA) is 44.1 Å². The van der Waals surface area contributed by atoms with Crippen molar-refractivity contribution in [1.82, 2.24) is 9.78 Å². The van der Waals surface area contributed by atoms with E-state index in [0.717, 1.165) is 28.1 Å². The number of carbonyl (C=O) groups excluding carboxylic acids is 1. The molecule has 5 heteroatoms. The van der Waals surface area contributed by atoms with Crippen LogP contribution in [-0.4, -0.2) is 22.4 Å². The summed E-state index contributed by atoms with van der Waals surface area (Å²) in [5.41, 5.74) is 6.28. The van der Waals surface area contributed by atoms with Crippen LogP contribution in [0.2, 0.25) is 0 Å². The summed E-state index contributed by atoms with van der Waals surface area (Å²) < 4.78 is 7.02. The van der Waals surface area contributed by atoms with Gasteiger partial charge >= 0.3 is 5.97 Å². The third-order valence-electron chi connectivity index (χ3n) is 4.16. The zero-order chi connectivity index (χ0) is 18.0. The van der Waals surface area contributed by atoms with E-state index in [1.807, 2.05) is 54.9 Å². The Labute approximate surface area is 179 Å². The Bertz CT molecular complexity index is 917. The Morgan fingerprint density at radius 1 is 1.15 bits per heavy atom. The van der Waals surface area contributed by atoms with Crippen LogP contribution in [0.3, 0.4) is 0 Å². The standard InChI is InChI=1S/C21H21N2O2.Y/c1-5-25-21(24)19-16(4)20(17-9-7-6-8-10-17)23(22-19)18-12-11-14(2)13-15(18)3;/h7-13H,5H2,1-4H3;/q-1;. The van der Waals surface area contributed by atoms with E-state index in [1.165, 1.54) is 5.56 Å². The molecule has 0 spiro atoms. The van der Waals surface area contributed by atoms with E-state index in [-0.39, 0.29) is 32.7 Å². The molecule has 26 heavy (non-hydrogen) atoms. The maximum atomic E-state index is 12.3. The van der Waals surface area contributed by atoms with Crippen molar-refractivity contribution in [2.75, 3.05) is 6.61 Å². The first-order chi connectivity index (χ1) is 12.0. The molecule has 0 amide bonds. The number of rotatable bonds is 4. The molecule has 1 radical (unpaired) electrons. The number of benzene rings is 2. The molecule has 4 nitrogen and oxygen atoms in total. The van der Waals surface area contributed by atoms with Crippen LogP contribution in [0.15, 0.2) is 42.5 Å². The number of carbonyl (C=O) groups is 1. The van der Waals surface area contributed by atoms with Gasteiger partial charge in [0.05, 0.1) is 18.0 Å². The fraction of sp³-hybridized carbons (Fsp3) is 0.238. The van der Waals surface area contributed by atoms with Crippen LogP contribution in [0.4, 0.5) is 0 Å². The molecule has 0 unspecified atom stereocenters. The number of hydrogen-bond donors (Lipinski definition) is 0. The largest absolute Gasteiger partial charge is 0.461 e. The number of esters is 1. The Morgan fingerprint density at radius 3 is 2.46 bits per heavy atom. The van der Waals surface area contributed by atoms with E-state index >= 15 is 0 Å². The van der Waals surface area contributed by atoms with Gasteiger partial charge in [0.2, 0.25) is 0 Å². The summed E-state index contributed by atoms with van der Waals surface area (Å²) in [4.78, 5) is 12.3. The molecule has 0 bridgehead atoms. The van der Waals surface area contributed by atoms with Crippen LogP contribution in [0.5, 0.6) is 0 Å². The number of aryl methyl sites for hydroxylation is 2. The molecule has 0 N–H and O–H groups in total. The van der Waals surface area contributed by atoms with Crippen molar-refractivity contribution < 1.29 is 42.2 Å². The first-order valence-corrected chi connectivity index (χ1v) is 8.33. The minimum Gasteiger partial charge on any atom is -0.461 e. The third kappa shape index (κ3) is 3.97. The molecule has 3 rings (SSSR count). The minimum atomic E-state index is -0.396. The van der Waals surface area contributed by atoms with Crippen molar-refractivity contribution in [3.8, 4) is 16.9 Å². The van der Waals surface area contributed by atoms with Gasteiger partial charge in [-0.1, -0.05) is 17.7 Å². The molecule has 0 aliphatic carbocycles. The molecular formula is C21H21N2O2Y-. The second kappa shape index (κ2) is 8.74. The Hall–Kier alpha value is -1.78. The van der Waals surface area contributed by atoms with Gasteiger partial charge in [0.1, 0.15) is 0 Å². The van der Waals surface area contributed by atoms with Crippen LogP contribution in [0.1, 0.15) is 34.1 Å². The first kappa shape index (κ1) is 20.5. The molecule has 0 aliphatic heterocycles. The SMILES string of the molecule is CCOC(=O)c1nn(-c2ccc(C)cc2C)c(-c2cc[c-]cc2)c1C.[Y]. The number of ether oxygens (including phenoxy) is 1. The van der Waals surface area contributed by atoms with Crippen LogP contribution in [-0.2, 0) is 37.4 Å². The van der Waals surface area contributed by atoms with E-state index in [2.05, 4.69) is 24.2 Å². The first-order valence-electron chi connectivity index (χ1n) is 8.33. The van der Waals surface area contributed by atoms with E-state index in [9.17, 15) is 4.79 Å². The predicted molar refractivity (Wildman–Crippen MR) is 98.0 cm³/mol. The normalized spacial score (nSPS) is 10.3. The van der Waals surface area contributed by atoms with E-state index in [4.69, 9.17) is 4.74 Å². The number of nitrogens with zero attached hydrogens (tertiary/aromatic N) is 2. The maximum Gasteiger partial charge on any atom is 0.359 e. The fourth-order valence-electron chi connectivity index (χ4n) is 2.99. The van der Waals surface area contributed by atoms with Crippen molar-refractivity contribution in [3.05, 3.63) is 70.9 Å². The van der Waals surface area contributed by atoms with Gasteiger partial charge in [-0.2, -0.15) is 35.4 Å². The Kier molecular flexibility index (Phi) is 6.90. The van der Waals surface area contributed by atoms with E-state index < -0.39 is 5.97 Å². The average molecular weight is 422 g/mol. The predicted octanol–water partition coefficient (Wildman–Crippen LogP) is 4.44. The van der Waals surface area contributed by atoms with Crippen molar-refractivity contribution in [2.24, 2.45) is 0 Å². The fourth-order valence-corrected chi connectivity index (χ4v) is 2.99. The van der Waals surface area contributed by atoms with Crippen molar-refractivity contribution >= 4 is 5.97 Å². The van der Waals surface area contributed by atoms with Crippen LogP contribution < -0.4 is 0 Å². The molecule has 1 aromatic heterocycles. The van der Waals surface area contributed by atoms with Crippen LogP contribution in [0.25, 0.3) is 16.9 Å². The second-order valence-corrected chi connectivity index (χ2v) is 6.03. The summed E-state index contributed by atoms with van der Waals surface area (Å²) in [5, 5.41) is 4.60. The molecular weight excluding hydrogens is 401 g/mol. The third-order valence-corrected chi connectivity index (χ3v) is 4.16. The summed E-state index contributed by atoms with van der Waals surface area (Å²) in [5.74, 6) is -0.396. The summed E-state index contributed by atoms with van der Waals surface area (Å²) in [6.07, 6.45) is 0. The summed E-state index contributed by atoms with van der Waals surface area (Å²) in [7, 11) is 0. The zero-order valence-corrected chi connectivity index (χ0v) is 18.4. The zero-order valence-electron chi connectivity index (χ0n) is 15.5. The minimum absolute atomic E-state index is 0. The monoisotopic (exact) mass is 422 g/mol. The molecule has 131 valence electrons. The van der Waals surface area contributed by atoms with Gasteiger partial charge in [-0.05, 0) is 39.3 Å². The molecule has 0 atom stereocenters. The van der Waals surface area contributed by atoms with Gasteiger partial charge in [0.15, 0.2) is 5.69 Å². The van der Waals surface area contributed by atoms with Gasteiger partial charge < -0.3 is 4.74 Å². The van der Waals surface area contributed by atoms with Crippen molar-refractivity contribution in [3.63, 3.8) is 0 Å². The molecule has 1 heterocycles. The molecule has 0 saturated carbocycles. The molecule has 3 aromatic rings. The average Bonchev–Trinajstić information content (AvgIpc) is 2.93. The van der Waals surface area contributed by atoms with Gasteiger partial charge in [0.25, 0.3) is 0 Å². The van der Waals surface area contributed by atoms with Crippen molar-refractivity contribution in [2.45, 2.75) is 27.7 Å². The van der Waals surface area contributed by atoms with Gasteiger partial charge in [-0.15, -0.1) is 5.56 Å². The van der Waals surface area contributed by atoms with Crippen molar-refractivity contribution in [1.29, 1.82) is 0 Å². The maximum absolute atomic E-state index is 12.3. The smallest absolute Gasteiger partial charge is 0.359 e. The molecule has 0 fully saturated rings. The van der Waals surface area contributed by atoms with Gasteiger partial charge in [-0.25, -0.2) is 9.48 Å². The molecule has 0 saturated heterocycles. The van der Waals surface area contributed by atoms with E-state index in [0.29, 0.717) is 12.3 Å². The van der Waals surface area contributed by atoms with Crippen LogP contribution >= 0.6 is 0 Å². The van der Waals surface area contributed by atoms with Gasteiger partial charge in [-0.3, -0.25) is 0 Å². The second-order valence-electron chi connectivity index (χ2n) is 6.03. The summed E-state index contributed by atoms with van der Waals surface area (Å²) in [6.45, 7) is 8.13. The Balaban J connectivity index is 0.00000243. The van der Waals surface area contributed by atoms with E-state index in [1.54, 1.807) is 6.92 Å². The summed E-state index contributed by atoms with van der Waals surface area (Å²) >= 11 is 0. The number of aromatic nitrogens is 2. The molecule has 2 aromatic carbocycles. The van der Waals surface area contributed by atoms with Gasteiger partial charge in [0, 0.05) is 38.3 Å². The number of hydrogen-bond acceptors (Lipinski definition) is 3. The molecule has 0 aliphatic rings.